The van der Waals surface area contributed by atoms with Crippen molar-refractivity contribution < 1.29 is 14.4 Å². The minimum absolute atomic E-state index is 0.154. The van der Waals surface area contributed by atoms with Gasteiger partial charge in [-0.15, -0.1) is 11.3 Å². The van der Waals surface area contributed by atoms with Crippen molar-refractivity contribution in [2.24, 2.45) is 23.7 Å². The monoisotopic (exact) mass is 409 g/mol. The Labute approximate surface area is 173 Å². The summed E-state index contributed by atoms with van der Waals surface area (Å²) in [7, 11) is 0. The molecule has 2 saturated carbocycles. The van der Waals surface area contributed by atoms with Gasteiger partial charge in [0.1, 0.15) is 6.04 Å². The highest BCUT2D eigenvalue weighted by Crippen LogP contribution is 2.56. The van der Waals surface area contributed by atoms with E-state index in [1.807, 2.05) is 18.2 Å². The number of aromatic nitrogens is 1. The largest absolute Gasteiger partial charge is 0.300 e. The van der Waals surface area contributed by atoms with E-state index in [9.17, 15) is 14.4 Å². The molecule has 1 N–H and O–H groups in total. The number of hydrogen-bond acceptors (Lipinski definition) is 5. The van der Waals surface area contributed by atoms with E-state index in [-0.39, 0.29) is 29.6 Å². The Morgan fingerprint density at radius 3 is 2.48 bits per heavy atom. The molecular formula is C22H23N3O3S. The predicted octanol–water partition coefficient (Wildman–Crippen LogP) is 3.09. The second kappa shape index (κ2) is 7.06. The van der Waals surface area contributed by atoms with Crippen LogP contribution in [-0.2, 0) is 20.8 Å². The molecule has 6 nitrogen and oxygen atoms in total. The van der Waals surface area contributed by atoms with Gasteiger partial charge in [0.05, 0.1) is 11.8 Å². The molecular weight excluding hydrogens is 386 g/mol. The van der Waals surface area contributed by atoms with Gasteiger partial charge in [-0.3, -0.25) is 19.3 Å². The topological polar surface area (TPSA) is 79.4 Å². The normalized spacial score (nSPS) is 28.7. The number of rotatable bonds is 5. The third-order valence-electron chi connectivity index (χ3n) is 6.73. The van der Waals surface area contributed by atoms with Crippen LogP contribution >= 0.6 is 11.3 Å². The number of hydrogen-bond donors (Lipinski definition) is 1. The summed E-state index contributed by atoms with van der Waals surface area (Å²) >= 11 is 1.41. The van der Waals surface area contributed by atoms with Crippen LogP contribution in [0.3, 0.4) is 0 Å². The van der Waals surface area contributed by atoms with E-state index in [1.165, 1.54) is 21.8 Å². The average molecular weight is 410 g/mol. The Kier molecular flexibility index (Phi) is 4.50. The van der Waals surface area contributed by atoms with Crippen LogP contribution in [0, 0.1) is 23.7 Å². The highest BCUT2D eigenvalue weighted by atomic mass is 32.1. The van der Waals surface area contributed by atoms with Gasteiger partial charge in [-0.1, -0.05) is 30.3 Å². The number of carbonyl (C=O) groups is 3. The summed E-state index contributed by atoms with van der Waals surface area (Å²) in [4.78, 5) is 45.1. The van der Waals surface area contributed by atoms with Crippen LogP contribution in [0.4, 0.5) is 5.13 Å². The first-order chi connectivity index (χ1) is 14.0. The summed E-state index contributed by atoms with van der Waals surface area (Å²) in [5, 5.41) is 3.28. The van der Waals surface area contributed by atoms with Gasteiger partial charge in [0.15, 0.2) is 5.13 Å². The Hall–Kier alpha value is -2.54. The van der Waals surface area contributed by atoms with Gasteiger partial charge in [0.25, 0.3) is 0 Å². The summed E-state index contributed by atoms with van der Waals surface area (Å²) in [6.45, 7) is 1.63. The molecule has 1 aromatic carbocycles. The summed E-state index contributed by atoms with van der Waals surface area (Å²) in [6, 6.07) is 9.24. The van der Waals surface area contributed by atoms with E-state index in [1.54, 1.807) is 13.1 Å². The number of anilines is 1. The maximum absolute atomic E-state index is 12.9. The summed E-state index contributed by atoms with van der Waals surface area (Å²) < 4.78 is 0. The first-order valence-corrected chi connectivity index (χ1v) is 11.0. The van der Waals surface area contributed by atoms with Crippen molar-refractivity contribution in [2.45, 2.75) is 38.6 Å². The molecule has 1 aliphatic heterocycles. The maximum Gasteiger partial charge on any atom is 0.249 e. The van der Waals surface area contributed by atoms with Crippen molar-refractivity contribution in [3.05, 3.63) is 47.0 Å². The van der Waals surface area contributed by atoms with Crippen molar-refractivity contribution in [3.63, 3.8) is 0 Å². The molecule has 0 spiro atoms. The number of nitrogens with zero attached hydrogens (tertiary/aromatic N) is 2. The molecule has 3 fully saturated rings. The van der Waals surface area contributed by atoms with Crippen LogP contribution in [0.5, 0.6) is 0 Å². The lowest BCUT2D eigenvalue weighted by atomic mass is 9.81. The Morgan fingerprint density at radius 2 is 1.83 bits per heavy atom. The predicted molar refractivity (Wildman–Crippen MR) is 109 cm³/mol. The van der Waals surface area contributed by atoms with Gasteiger partial charge < -0.3 is 5.32 Å². The molecule has 1 saturated heterocycles. The molecule has 1 aromatic heterocycles. The number of benzene rings is 1. The lowest BCUT2D eigenvalue weighted by Gasteiger charge is -2.23. The molecule has 7 heteroatoms. The fourth-order valence-electron chi connectivity index (χ4n) is 5.38. The number of nitrogens with one attached hydrogen (secondary N) is 1. The van der Waals surface area contributed by atoms with Crippen molar-refractivity contribution in [3.8, 4) is 0 Å². The van der Waals surface area contributed by atoms with Gasteiger partial charge in [-0.25, -0.2) is 4.98 Å². The van der Waals surface area contributed by atoms with Gasteiger partial charge in [0.2, 0.25) is 17.7 Å². The van der Waals surface area contributed by atoms with E-state index >= 15 is 0 Å². The molecule has 2 bridgehead atoms. The smallest absolute Gasteiger partial charge is 0.249 e. The van der Waals surface area contributed by atoms with E-state index in [2.05, 4.69) is 22.4 Å². The highest BCUT2D eigenvalue weighted by Gasteiger charge is 2.62. The first-order valence-electron chi connectivity index (χ1n) is 10.2. The van der Waals surface area contributed by atoms with Crippen LogP contribution in [0.2, 0.25) is 0 Å². The van der Waals surface area contributed by atoms with Gasteiger partial charge in [0, 0.05) is 17.5 Å². The van der Waals surface area contributed by atoms with Crippen LogP contribution in [0.15, 0.2) is 36.5 Å². The summed E-state index contributed by atoms with van der Waals surface area (Å²) in [5.41, 5.74) is 1.18. The first kappa shape index (κ1) is 18.5. The van der Waals surface area contributed by atoms with Gasteiger partial charge in [-0.2, -0.15) is 0 Å². The van der Waals surface area contributed by atoms with Crippen molar-refractivity contribution in [1.29, 1.82) is 0 Å². The van der Waals surface area contributed by atoms with Crippen LogP contribution < -0.4 is 5.32 Å². The van der Waals surface area contributed by atoms with E-state index in [0.717, 1.165) is 30.6 Å². The van der Waals surface area contributed by atoms with E-state index in [4.69, 9.17) is 0 Å². The molecule has 5 atom stereocenters. The quantitative estimate of drug-likeness (QED) is 0.770. The molecule has 3 aliphatic rings. The molecule has 150 valence electrons. The summed E-state index contributed by atoms with van der Waals surface area (Å²) in [5.74, 6) is -0.428. The summed E-state index contributed by atoms with van der Waals surface area (Å²) in [6.07, 6.45) is 5.56. The number of imide groups is 1. The molecule has 2 aliphatic carbocycles. The number of amides is 3. The fourth-order valence-corrected chi connectivity index (χ4v) is 6.23. The van der Waals surface area contributed by atoms with Crippen LogP contribution in [-0.4, -0.2) is 33.6 Å². The molecule has 0 radical (unpaired) electrons. The second-order valence-corrected chi connectivity index (χ2v) is 9.51. The third-order valence-corrected chi connectivity index (χ3v) is 7.65. The van der Waals surface area contributed by atoms with E-state index < -0.39 is 6.04 Å². The lowest BCUT2D eigenvalue weighted by molar-refractivity contribution is -0.146. The SMILES string of the molecule is C[C@H](C(=O)Nc1ncc(Cc2ccccc2)s1)N1C(=O)[C@H]2[C@H]3CC[C@@H](C3)[C@@H]2C1=O. The number of likely N-dealkylation sites (tertiary alicyclic amines) is 1. The number of fused-ring (bicyclic) bond motifs is 5. The van der Waals surface area contributed by atoms with Crippen LogP contribution in [0.25, 0.3) is 0 Å². The molecule has 0 unspecified atom stereocenters. The second-order valence-electron chi connectivity index (χ2n) is 8.39. The van der Waals surface area contributed by atoms with Gasteiger partial charge in [-0.05, 0) is 43.6 Å². The highest BCUT2D eigenvalue weighted by molar-refractivity contribution is 7.15. The molecule has 2 heterocycles. The third kappa shape index (κ3) is 3.08. The molecule has 2 aromatic rings. The maximum atomic E-state index is 12.9. The van der Waals surface area contributed by atoms with Crippen molar-refractivity contribution in [2.75, 3.05) is 5.32 Å². The van der Waals surface area contributed by atoms with Crippen molar-refractivity contribution in [1.82, 2.24) is 9.88 Å². The van der Waals surface area contributed by atoms with Crippen LogP contribution in [0.1, 0.15) is 36.6 Å². The molecule has 5 rings (SSSR count). The minimum Gasteiger partial charge on any atom is -0.300 e. The Morgan fingerprint density at radius 1 is 1.17 bits per heavy atom. The minimum atomic E-state index is -0.818. The average Bonchev–Trinajstić information content (AvgIpc) is 3.48. The number of carbonyl (C=O) groups excluding carboxylic acids is 3. The zero-order valence-electron chi connectivity index (χ0n) is 16.2. The van der Waals surface area contributed by atoms with Crippen molar-refractivity contribution >= 4 is 34.2 Å². The zero-order chi connectivity index (χ0) is 20.1. The standard InChI is InChI=1S/C22H23N3O3S/c1-12(25-20(27)17-14-7-8-15(10-14)18(17)21(25)28)19(26)24-22-23-11-16(29-22)9-13-5-3-2-4-6-13/h2-6,11-12,14-15,17-18H,7-10H2,1H3,(H,23,24,26)/t12-,14+,15+,17+,18+/m1/s1. The lowest BCUT2D eigenvalue weighted by Crippen LogP contribution is -2.46. The van der Waals surface area contributed by atoms with Gasteiger partial charge >= 0.3 is 0 Å². The zero-order valence-corrected chi connectivity index (χ0v) is 17.0. The Bertz CT molecular complexity index is 945. The van der Waals surface area contributed by atoms with E-state index in [0.29, 0.717) is 17.0 Å². The molecule has 29 heavy (non-hydrogen) atoms. The number of thiazole rings is 1. The molecule has 3 amide bonds. The fraction of sp³-hybridized carbons (Fsp3) is 0.455. The Balaban J connectivity index is 1.26.